The third-order valence-corrected chi connectivity index (χ3v) is 7.69. The number of likely N-dealkylation sites (tertiary alicyclic amines) is 1. The number of pyridine rings is 1. The lowest BCUT2D eigenvalue weighted by atomic mass is 10.0. The van der Waals surface area contributed by atoms with E-state index < -0.39 is 35.2 Å². The van der Waals surface area contributed by atoms with Crippen molar-refractivity contribution in [2.75, 3.05) is 11.9 Å². The largest absolute Gasteiger partial charge is 0.417 e. The first-order chi connectivity index (χ1) is 16.7. The molecule has 2 N–H and O–H groups in total. The van der Waals surface area contributed by atoms with Crippen LogP contribution in [0.5, 0.6) is 0 Å². The normalized spacial score (nSPS) is 22.8. The molecule has 36 heavy (non-hydrogen) atoms. The Bertz CT molecular complexity index is 1160. The van der Waals surface area contributed by atoms with Crippen molar-refractivity contribution in [1.82, 2.24) is 14.9 Å². The number of thiazole rings is 1. The molecule has 3 atom stereocenters. The van der Waals surface area contributed by atoms with Crippen LogP contribution in [0.1, 0.15) is 85.7 Å². The number of hydrogen-bond acceptors (Lipinski definition) is 7. The summed E-state index contributed by atoms with van der Waals surface area (Å²) in [5, 5.41) is 12.8. The molecular formula is C25H31F3N4O3S. The Morgan fingerprint density at radius 2 is 1.92 bits per heavy atom. The minimum atomic E-state index is -4.72. The van der Waals surface area contributed by atoms with E-state index in [0.29, 0.717) is 19.4 Å². The summed E-state index contributed by atoms with van der Waals surface area (Å²) in [6, 6.07) is 0.858. The SMILES string of the molecule is C[C@H]1CCCN1C(=O)c1nc(C(=O)C2CC[C@H](O)C2)sc1-c1cnc(NC(C)(C)C)cc1C(F)(F)F. The van der Waals surface area contributed by atoms with E-state index in [1.165, 1.54) is 0 Å². The van der Waals surface area contributed by atoms with Crippen LogP contribution in [0.4, 0.5) is 19.0 Å². The zero-order chi connectivity index (χ0) is 26.4. The molecule has 1 unspecified atom stereocenters. The summed E-state index contributed by atoms with van der Waals surface area (Å²) in [6.07, 6.45) is -1.39. The number of rotatable bonds is 5. The Hall–Kier alpha value is -2.53. The molecule has 196 valence electrons. The van der Waals surface area contributed by atoms with Gasteiger partial charge in [-0.3, -0.25) is 9.59 Å². The second kappa shape index (κ2) is 9.74. The van der Waals surface area contributed by atoms with E-state index in [4.69, 9.17) is 0 Å². The van der Waals surface area contributed by atoms with Crippen LogP contribution >= 0.6 is 11.3 Å². The zero-order valence-corrected chi connectivity index (χ0v) is 21.6. The Morgan fingerprint density at radius 1 is 1.19 bits per heavy atom. The fraction of sp³-hybridized carbons (Fsp3) is 0.600. The first-order valence-corrected chi connectivity index (χ1v) is 13.0. The number of carbonyl (C=O) groups excluding carboxylic acids is 2. The fourth-order valence-electron chi connectivity index (χ4n) is 4.82. The number of amides is 1. The molecule has 0 spiro atoms. The van der Waals surface area contributed by atoms with Gasteiger partial charge in [-0.15, -0.1) is 11.3 Å². The Labute approximate surface area is 212 Å². The molecule has 11 heteroatoms. The summed E-state index contributed by atoms with van der Waals surface area (Å²) < 4.78 is 42.7. The van der Waals surface area contributed by atoms with Crippen molar-refractivity contribution in [3.05, 3.63) is 28.5 Å². The van der Waals surface area contributed by atoms with Crippen molar-refractivity contribution >= 4 is 28.8 Å². The number of halogens is 3. The summed E-state index contributed by atoms with van der Waals surface area (Å²) >= 11 is 0.796. The summed E-state index contributed by atoms with van der Waals surface area (Å²) in [5.41, 5.74) is -1.90. The van der Waals surface area contributed by atoms with Crippen molar-refractivity contribution < 1.29 is 27.9 Å². The number of nitrogens with one attached hydrogen (secondary N) is 1. The average molecular weight is 525 g/mol. The van der Waals surface area contributed by atoms with Gasteiger partial charge < -0.3 is 15.3 Å². The van der Waals surface area contributed by atoms with Crippen LogP contribution in [0, 0.1) is 5.92 Å². The lowest BCUT2D eigenvalue weighted by Crippen LogP contribution is -2.34. The van der Waals surface area contributed by atoms with E-state index in [1.807, 2.05) is 27.7 Å². The Kier molecular flexibility index (Phi) is 7.18. The molecule has 1 aliphatic heterocycles. The second-order valence-electron chi connectivity index (χ2n) is 10.7. The molecule has 2 fully saturated rings. The standard InChI is InChI=1S/C25H31F3N4O3S/c1-13-6-5-9-32(13)23(35)19-21(36-22(30-19)20(34)14-7-8-15(33)10-14)16-12-29-18(31-24(2,3)4)11-17(16)25(26,27)28/h11-15,33H,5-10H2,1-4H3,(H,29,31)/t13-,14?,15-/m0/s1. The van der Waals surface area contributed by atoms with E-state index in [0.717, 1.165) is 36.4 Å². The number of ketones is 1. The zero-order valence-electron chi connectivity index (χ0n) is 20.8. The molecule has 0 bridgehead atoms. The van der Waals surface area contributed by atoms with Gasteiger partial charge in [-0.25, -0.2) is 9.97 Å². The quantitative estimate of drug-likeness (QED) is 0.509. The smallest absolute Gasteiger partial charge is 0.393 e. The molecule has 3 heterocycles. The van der Waals surface area contributed by atoms with E-state index in [1.54, 1.807) is 4.90 Å². The van der Waals surface area contributed by atoms with Crippen molar-refractivity contribution in [2.45, 2.75) is 83.7 Å². The van der Waals surface area contributed by atoms with Gasteiger partial charge in [-0.1, -0.05) is 0 Å². The maximum absolute atomic E-state index is 14.2. The third-order valence-electron chi connectivity index (χ3n) is 6.59. The van der Waals surface area contributed by atoms with E-state index in [9.17, 15) is 27.9 Å². The molecule has 7 nitrogen and oxygen atoms in total. The second-order valence-corrected chi connectivity index (χ2v) is 11.7. The van der Waals surface area contributed by atoms with Gasteiger partial charge in [0.2, 0.25) is 0 Å². The van der Waals surface area contributed by atoms with Crippen LogP contribution in [0.25, 0.3) is 10.4 Å². The molecule has 1 amide bonds. The topological polar surface area (TPSA) is 95.4 Å². The molecule has 2 aromatic rings. The maximum Gasteiger partial charge on any atom is 0.417 e. The highest BCUT2D eigenvalue weighted by Gasteiger charge is 2.39. The maximum atomic E-state index is 14.2. The summed E-state index contributed by atoms with van der Waals surface area (Å²) in [7, 11) is 0. The molecule has 2 aliphatic rings. The highest BCUT2D eigenvalue weighted by atomic mass is 32.1. The summed E-state index contributed by atoms with van der Waals surface area (Å²) in [5.74, 6) is -1.24. The lowest BCUT2D eigenvalue weighted by Gasteiger charge is -2.23. The molecule has 2 aromatic heterocycles. The number of aromatic nitrogens is 2. The monoisotopic (exact) mass is 524 g/mol. The number of carbonyl (C=O) groups is 2. The summed E-state index contributed by atoms with van der Waals surface area (Å²) in [4.78, 5) is 36.7. The number of aliphatic hydroxyl groups excluding tert-OH is 1. The minimum Gasteiger partial charge on any atom is -0.393 e. The minimum absolute atomic E-state index is 0.00989. The predicted octanol–water partition coefficient (Wildman–Crippen LogP) is 5.40. The first kappa shape index (κ1) is 26.5. The number of hydrogen-bond donors (Lipinski definition) is 2. The number of Topliss-reactive ketones (excluding diaryl/α,β-unsaturated/α-hetero) is 1. The number of aliphatic hydroxyl groups is 1. The van der Waals surface area contributed by atoms with Gasteiger partial charge in [0.05, 0.1) is 16.5 Å². The Morgan fingerprint density at radius 3 is 2.47 bits per heavy atom. The van der Waals surface area contributed by atoms with Gasteiger partial charge >= 0.3 is 6.18 Å². The highest BCUT2D eigenvalue weighted by molar-refractivity contribution is 7.17. The molecule has 0 radical (unpaired) electrons. The van der Waals surface area contributed by atoms with E-state index in [2.05, 4.69) is 15.3 Å². The van der Waals surface area contributed by atoms with Crippen LogP contribution in [0.3, 0.4) is 0 Å². The lowest BCUT2D eigenvalue weighted by molar-refractivity contribution is -0.137. The van der Waals surface area contributed by atoms with E-state index in [-0.39, 0.29) is 45.2 Å². The van der Waals surface area contributed by atoms with Gasteiger partial charge in [-0.05, 0) is 65.9 Å². The van der Waals surface area contributed by atoms with Crippen molar-refractivity contribution in [2.24, 2.45) is 5.92 Å². The third kappa shape index (κ3) is 5.56. The van der Waals surface area contributed by atoms with Crippen LogP contribution in [-0.4, -0.2) is 55.9 Å². The van der Waals surface area contributed by atoms with Crippen LogP contribution in [-0.2, 0) is 6.18 Å². The van der Waals surface area contributed by atoms with E-state index >= 15 is 0 Å². The van der Waals surface area contributed by atoms with Gasteiger partial charge in [-0.2, -0.15) is 13.2 Å². The van der Waals surface area contributed by atoms with Crippen LogP contribution < -0.4 is 5.32 Å². The molecule has 1 saturated carbocycles. The van der Waals surface area contributed by atoms with Gasteiger partial charge in [0.15, 0.2) is 10.8 Å². The number of anilines is 1. The van der Waals surface area contributed by atoms with Gasteiger partial charge in [0.25, 0.3) is 5.91 Å². The van der Waals surface area contributed by atoms with Crippen molar-refractivity contribution in [1.29, 1.82) is 0 Å². The number of alkyl halides is 3. The van der Waals surface area contributed by atoms with Crippen molar-refractivity contribution in [3.63, 3.8) is 0 Å². The fourth-order valence-corrected chi connectivity index (χ4v) is 5.92. The Balaban J connectivity index is 1.83. The molecule has 0 aromatic carbocycles. The van der Waals surface area contributed by atoms with Crippen LogP contribution in [0.2, 0.25) is 0 Å². The van der Waals surface area contributed by atoms with Crippen molar-refractivity contribution in [3.8, 4) is 10.4 Å². The molecular weight excluding hydrogens is 493 g/mol. The van der Waals surface area contributed by atoms with Gasteiger partial charge in [0.1, 0.15) is 11.5 Å². The van der Waals surface area contributed by atoms with Gasteiger partial charge in [0, 0.05) is 35.8 Å². The number of nitrogens with zero attached hydrogens (tertiary/aromatic N) is 3. The highest BCUT2D eigenvalue weighted by Crippen LogP contribution is 2.43. The molecule has 1 saturated heterocycles. The summed E-state index contributed by atoms with van der Waals surface area (Å²) in [6.45, 7) is 7.80. The molecule has 4 rings (SSSR count). The first-order valence-electron chi connectivity index (χ1n) is 12.1. The molecule has 1 aliphatic carbocycles. The van der Waals surface area contributed by atoms with Crippen LogP contribution in [0.15, 0.2) is 12.3 Å². The average Bonchev–Trinajstić information content (AvgIpc) is 3.50. The predicted molar refractivity (Wildman–Crippen MR) is 131 cm³/mol.